The van der Waals surface area contributed by atoms with Gasteiger partial charge in [0.15, 0.2) is 23.0 Å². The largest absolute Gasteiger partial charge is 0.470 e. The highest BCUT2D eigenvalue weighted by Crippen LogP contribution is 2.44. The van der Waals surface area contributed by atoms with Crippen molar-refractivity contribution in [1.29, 1.82) is 0 Å². The summed E-state index contributed by atoms with van der Waals surface area (Å²) in [4.78, 5) is 64.7. The van der Waals surface area contributed by atoms with Crippen LogP contribution in [0.3, 0.4) is 0 Å². The van der Waals surface area contributed by atoms with E-state index in [-0.39, 0.29) is 17.1 Å². The Bertz CT molecular complexity index is 1440. The zero-order valence-corrected chi connectivity index (χ0v) is 17.7. The molecule has 0 aliphatic carbocycles. The fourth-order valence-electron chi connectivity index (χ4n) is 3.30. The molecule has 1 aliphatic rings. The summed E-state index contributed by atoms with van der Waals surface area (Å²) in [6.45, 7) is -0.716. The number of nitrogen functional groups attached to an aromatic ring is 1. The molecule has 1 saturated heterocycles. The summed E-state index contributed by atoms with van der Waals surface area (Å²) in [5, 5.41) is 19.3. The molecule has 0 spiro atoms. The van der Waals surface area contributed by atoms with Gasteiger partial charge in [0.25, 0.3) is 5.56 Å². The molecular weight excluding hydrogens is 481 g/mol. The number of nitrogens with one attached hydrogen (secondary N) is 3. The minimum absolute atomic E-state index is 0.264. The maximum absolute atomic E-state index is 12.2. The number of aromatic nitrogens is 8. The minimum atomic E-state index is -5.08. The standard InChI is InChI=1S/C10H14N5O9P.C5H4N4/c11-9-13-6-3(7(18)14-9)12-10(19)15(6)8-5(24-25(20,21)22)4(17)2(1-16)23-8;1-4-5(8-2-6-1)9-3-7-4/h2,4-5,8,16-17H,1H2,(H,12,19)(H2,20,21,22)(H3,11,13,14,18);1-3H,(H,6,7,8,9)/t2-,4-,5-,8-;/m1./s1. The monoisotopic (exact) mass is 499 g/mol. The Morgan fingerprint density at radius 3 is 2.71 bits per heavy atom. The van der Waals surface area contributed by atoms with Crippen molar-refractivity contribution in [1.82, 2.24) is 39.5 Å². The van der Waals surface area contributed by atoms with Crippen LogP contribution in [0.25, 0.3) is 22.3 Å². The van der Waals surface area contributed by atoms with Crippen molar-refractivity contribution in [2.24, 2.45) is 0 Å². The van der Waals surface area contributed by atoms with Crippen LogP contribution < -0.4 is 17.0 Å². The number of H-pyrrole nitrogens is 3. The molecule has 4 aromatic heterocycles. The van der Waals surface area contributed by atoms with E-state index in [9.17, 15) is 24.4 Å². The second-order valence-electron chi connectivity index (χ2n) is 6.91. The van der Waals surface area contributed by atoms with Crippen molar-refractivity contribution in [3.05, 3.63) is 39.7 Å². The second-order valence-corrected chi connectivity index (χ2v) is 8.10. The number of hydrogen-bond acceptors (Lipinski definition) is 12. The van der Waals surface area contributed by atoms with Gasteiger partial charge in [-0.3, -0.25) is 19.3 Å². The molecule has 1 fully saturated rings. The third-order valence-electron chi connectivity index (χ3n) is 4.70. The number of phosphoric acid groups is 1. The average Bonchev–Trinajstić information content (AvgIpc) is 3.44. The van der Waals surface area contributed by atoms with Gasteiger partial charge in [-0.25, -0.2) is 28.9 Å². The number of aliphatic hydroxyl groups excluding tert-OH is 2. The molecule has 19 heteroatoms. The Kier molecular flexibility index (Phi) is 6.28. The summed E-state index contributed by atoms with van der Waals surface area (Å²) < 4.78 is 21.7. The van der Waals surface area contributed by atoms with Crippen molar-refractivity contribution >= 4 is 36.1 Å². The summed E-state index contributed by atoms with van der Waals surface area (Å²) in [6.07, 6.45) is -1.51. The van der Waals surface area contributed by atoms with Crippen LogP contribution in [-0.2, 0) is 13.8 Å². The van der Waals surface area contributed by atoms with E-state index in [2.05, 4.69) is 39.4 Å². The first-order valence-corrected chi connectivity index (χ1v) is 10.9. The Morgan fingerprint density at radius 2 is 2.03 bits per heavy atom. The van der Waals surface area contributed by atoms with Crippen LogP contribution in [-0.4, -0.2) is 84.4 Å². The lowest BCUT2D eigenvalue weighted by Gasteiger charge is -2.21. The van der Waals surface area contributed by atoms with Gasteiger partial charge < -0.3 is 35.5 Å². The zero-order chi connectivity index (χ0) is 24.6. The number of aromatic amines is 3. The lowest BCUT2D eigenvalue weighted by atomic mass is 10.1. The fraction of sp³-hybridized carbons (Fsp3) is 0.333. The molecule has 18 nitrogen and oxygen atoms in total. The molecule has 0 aromatic carbocycles. The molecule has 182 valence electrons. The van der Waals surface area contributed by atoms with Gasteiger partial charge in [-0.05, 0) is 0 Å². The molecule has 5 heterocycles. The van der Waals surface area contributed by atoms with Gasteiger partial charge in [-0.15, -0.1) is 0 Å². The summed E-state index contributed by atoms with van der Waals surface area (Å²) in [6, 6.07) is 0. The van der Waals surface area contributed by atoms with Crippen molar-refractivity contribution in [2.45, 2.75) is 24.5 Å². The van der Waals surface area contributed by atoms with E-state index in [4.69, 9.17) is 20.3 Å². The highest BCUT2D eigenvalue weighted by molar-refractivity contribution is 7.46. The van der Waals surface area contributed by atoms with Gasteiger partial charge in [0, 0.05) is 0 Å². The van der Waals surface area contributed by atoms with Crippen LogP contribution in [0.5, 0.6) is 0 Å². The molecule has 9 N–H and O–H groups in total. The maximum atomic E-state index is 12.2. The first-order chi connectivity index (χ1) is 16.1. The van der Waals surface area contributed by atoms with Crippen molar-refractivity contribution in [3.8, 4) is 0 Å². The Balaban J connectivity index is 0.000000252. The molecular formula is C15H18N9O9P. The molecule has 4 aromatic rings. The lowest BCUT2D eigenvalue weighted by Crippen LogP contribution is -2.36. The third-order valence-corrected chi connectivity index (χ3v) is 5.22. The van der Waals surface area contributed by atoms with E-state index in [0.717, 1.165) is 10.1 Å². The van der Waals surface area contributed by atoms with Gasteiger partial charge in [-0.2, -0.15) is 4.98 Å². The van der Waals surface area contributed by atoms with Crippen LogP contribution >= 0.6 is 7.82 Å². The number of rotatable bonds is 4. The number of anilines is 1. The number of phosphoric ester groups is 1. The topological polar surface area (TPSA) is 280 Å². The van der Waals surface area contributed by atoms with Crippen molar-refractivity contribution < 1.29 is 33.8 Å². The Hall–Kier alpha value is -3.51. The average molecular weight is 499 g/mol. The van der Waals surface area contributed by atoms with Gasteiger partial charge in [0.05, 0.1) is 19.1 Å². The predicted molar refractivity (Wildman–Crippen MR) is 111 cm³/mol. The smallest absolute Gasteiger partial charge is 0.394 e. The fourth-order valence-corrected chi connectivity index (χ4v) is 3.85. The Labute approximate surface area is 186 Å². The number of fused-ring (bicyclic) bond motifs is 2. The number of aliphatic hydroxyl groups is 2. The second kappa shape index (κ2) is 9.03. The number of nitrogens with zero attached hydrogens (tertiary/aromatic N) is 5. The first-order valence-electron chi connectivity index (χ1n) is 9.36. The molecule has 0 bridgehead atoms. The lowest BCUT2D eigenvalue weighted by molar-refractivity contribution is -0.0519. The van der Waals surface area contributed by atoms with Crippen LogP contribution in [0.15, 0.2) is 28.4 Å². The van der Waals surface area contributed by atoms with E-state index >= 15 is 0 Å². The molecule has 0 amide bonds. The molecule has 0 saturated carbocycles. The molecule has 0 unspecified atom stereocenters. The van der Waals surface area contributed by atoms with E-state index in [0.29, 0.717) is 5.65 Å². The first kappa shape index (κ1) is 23.6. The van der Waals surface area contributed by atoms with Crippen LogP contribution in [0.2, 0.25) is 0 Å². The summed E-state index contributed by atoms with van der Waals surface area (Å²) >= 11 is 0. The molecule has 1 aliphatic heterocycles. The van der Waals surface area contributed by atoms with Gasteiger partial charge >= 0.3 is 13.5 Å². The predicted octanol–water partition coefficient (Wildman–Crippen LogP) is -2.92. The Morgan fingerprint density at radius 1 is 1.26 bits per heavy atom. The minimum Gasteiger partial charge on any atom is -0.394 e. The number of imidazole rings is 2. The van der Waals surface area contributed by atoms with Crippen LogP contribution in [0.1, 0.15) is 6.23 Å². The number of ether oxygens (including phenoxy) is 1. The highest BCUT2D eigenvalue weighted by Gasteiger charge is 2.49. The van der Waals surface area contributed by atoms with E-state index < -0.39 is 50.2 Å². The van der Waals surface area contributed by atoms with Gasteiger partial charge in [-0.1, -0.05) is 0 Å². The van der Waals surface area contributed by atoms with Crippen molar-refractivity contribution in [3.63, 3.8) is 0 Å². The summed E-state index contributed by atoms with van der Waals surface area (Å²) in [5.41, 5.74) is 4.80. The van der Waals surface area contributed by atoms with Gasteiger partial charge in [0.2, 0.25) is 5.95 Å². The van der Waals surface area contributed by atoms with E-state index in [1.807, 2.05) is 0 Å². The van der Waals surface area contributed by atoms with Crippen LogP contribution in [0.4, 0.5) is 5.95 Å². The summed E-state index contributed by atoms with van der Waals surface area (Å²) in [7, 11) is -5.08. The SMILES string of the molecule is Nc1nc2c([nH]c(=O)n2[C@@H]2O[C@H](CO)[C@@H](O)[C@H]2OP(=O)(O)O)c(=O)[nH]1.c1ncc2[nH]cnc2n1. The van der Waals surface area contributed by atoms with E-state index in [1.165, 1.54) is 6.33 Å². The molecule has 0 radical (unpaired) electrons. The summed E-state index contributed by atoms with van der Waals surface area (Å²) in [5.74, 6) is -0.324. The van der Waals surface area contributed by atoms with Crippen molar-refractivity contribution in [2.75, 3.05) is 12.3 Å². The normalized spacial score (nSPS) is 22.7. The third kappa shape index (κ3) is 4.59. The van der Waals surface area contributed by atoms with E-state index in [1.54, 1.807) is 12.5 Å². The van der Waals surface area contributed by atoms with Gasteiger partial charge in [0.1, 0.15) is 30.2 Å². The quantitative estimate of drug-likeness (QED) is 0.131. The molecule has 4 atom stereocenters. The zero-order valence-electron chi connectivity index (χ0n) is 16.8. The molecule has 34 heavy (non-hydrogen) atoms. The highest BCUT2D eigenvalue weighted by atomic mass is 31.2. The van der Waals surface area contributed by atoms with Crippen LogP contribution in [0, 0.1) is 0 Å². The number of hydrogen-bond donors (Lipinski definition) is 8. The maximum Gasteiger partial charge on any atom is 0.470 e. The molecule has 5 rings (SSSR count). The number of nitrogens with two attached hydrogens (primary N) is 1.